The number of nitrogens with zero attached hydrogens (tertiary/aromatic N) is 4. The van der Waals surface area contributed by atoms with E-state index in [9.17, 15) is 25.1 Å². The molecule has 0 atom stereocenters. The number of rotatable bonds is 4. The molecule has 0 spiro atoms. The molecule has 8 heteroatoms. The molecule has 1 aliphatic rings. The van der Waals surface area contributed by atoms with E-state index in [-0.39, 0.29) is 34.7 Å². The Bertz CT molecular complexity index is 1150. The molecule has 0 saturated carbocycles. The number of amides is 1. The van der Waals surface area contributed by atoms with E-state index in [0.717, 1.165) is 10.1 Å². The SMILES string of the molecule is CC1=NN(c2ccc(C)cc2)C(=O)C1=Cc1c(C)c(C#N)c(=O)n(CCO)c1O. The van der Waals surface area contributed by atoms with E-state index in [1.165, 1.54) is 18.0 Å². The number of aliphatic hydroxyl groups is 1. The van der Waals surface area contributed by atoms with E-state index in [1.807, 2.05) is 25.1 Å². The van der Waals surface area contributed by atoms with E-state index in [4.69, 9.17) is 0 Å². The van der Waals surface area contributed by atoms with E-state index >= 15 is 0 Å². The number of aromatic nitrogens is 1. The Kier molecular flexibility index (Phi) is 5.35. The lowest BCUT2D eigenvalue weighted by atomic mass is 10.0. The van der Waals surface area contributed by atoms with Crippen LogP contribution in [0.15, 0.2) is 39.7 Å². The van der Waals surface area contributed by atoms with Crippen LogP contribution in [-0.4, -0.2) is 33.0 Å². The molecule has 1 aromatic heterocycles. The number of carbonyl (C=O) groups is 1. The van der Waals surface area contributed by atoms with Gasteiger partial charge in [-0.2, -0.15) is 15.4 Å². The Balaban J connectivity index is 2.13. The van der Waals surface area contributed by atoms with E-state index in [1.54, 1.807) is 19.1 Å². The molecule has 8 nitrogen and oxygen atoms in total. The zero-order chi connectivity index (χ0) is 21.3. The standard InChI is InChI=1S/C21H20N4O4/c1-12-4-6-15(7-5-12)25-21(29)17(14(3)23-25)10-16-13(2)18(11-22)20(28)24(8-9-26)19(16)27/h4-7,10,26-27H,8-9H2,1-3H3. The number of benzene rings is 1. The third-order valence-corrected chi connectivity index (χ3v) is 4.80. The van der Waals surface area contributed by atoms with E-state index < -0.39 is 18.0 Å². The molecule has 1 aromatic carbocycles. The molecule has 0 saturated heterocycles. The Morgan fingerprint density at radius 1 is 1.17 bits per heavy atom. The first-order valence-electron chi connectivity index (χ1n) is 8.95. The topological polar surface area (TPSA) is 119 Å². The summed E-state index contributed by atoms with van der Waals surface area (Å²) in [6, 6.07) is 9.14. The molecule has 2 aromatic rings. The summed E-state index contributed by atoms with van der Waals surface area (Å²) in [6.07, 6.45) is 1.42. The molecule has 0 fully saturated rings. The monoisotopic (exact) mass is 392 g/mol. The second-order valence-corrected chi connectivity index (χ2v) is 6.73. The van der Waals surface area contributed by atoms with Gasteiger partial charge in [-0.15, -0.1) is 0 Å². The Hall–Kier alpha value is -3.70. The van der Waals surface area contributed by atoms with Gasteiger partial charge >= 0.3 is 0 Å². The van der Waals surface area contributed by atoms with Crippen LogP contribution in [0.4, 0.5) is 5.69 Å². The lowest BCUT2D eigenvalue weighted by molar-refractivity contribution is -0.114. The smallest absolute Gasteiger partial charge is 0.280 e. The molecule has 0 aliphatic carbocycles. The third-order valence-electron chi connectivity index (χ3n) is 4.80. The highest BCUT2D eigenvalue weighted by molar-refractivity contribution is 6.32. The summed E-state index contributed by atoms with van der Waals surface area (Å²) in [6.45, 7) is 4.57. The number of aromatic hydroxyl groups is 1. The highest BCUT2D eigenvalue weighted by Crippen LogP contribution is 2.29. The molecule has 0 bridgehead atoms. The normalized spacial score (nSPS) is 15.0. The van der Waals surface area contributed by atoms with Gasteiger partial charge in [0.1, 0.15) is 11.6 Å². The van der Waals surface area contributed by atoms with Crippen molar-refractivity contribution in [1.29, 1.82) is 5.26 Å². The van der Waals surface area contributed by atoms with Gasteiger partial charge in [-0.05, 0) is 44.5 Å². The van der Waals surface area contributed by atoms with Gasteiger partial charge < -0.3 is 10.2 Å². The highest BCUT2D eigenvalue weighted by atomic mass is 16.3. The molecule has 2 heterocycles. The van der Waals surface area contributed by atoms with Crippen LogP contribution in [0.1, 0.15) is 29.2 Å². The minimum Gasteiger partial charge on any atom is -0.494 e. The largest absolute Gasteiger partial charge is 0.494 e. The van der Waals surface area contributed by atoms with Gasteiger partial charge in [0, 0.05) is 5.56 Å². The van der Waals surface area contributed by atoms with Crippen LogP contribution in [0.5, 0.6) is 5.88 Å². The summed E-state index contributed by atoms with van der Waals surface area (Å²) in [5.41, 5.74) is 1.90. The molecule has 29 heavy (non-hydrogen) atoms. The van der Waals surface area contributed by atoms with Gasteiger partial charge in [-0.1, -0.05) is 17.7 Å². The number of hydrazone groups is 1. The van der Waals surface area contributed by atoms with Gasteiger partial charge in [0.2, 0.25) is 5.88 Å². The first-order chi connectivity index (χ1) is 13.8. The minimum absolute atomic E-state index is 0.154. The van der Waals surface area contributed by atoms with E-state index in [2.05, 4.69) is 5.10 Å². The molecule has 148 valence electrons. The fraction of sp³-hybridized carbons (Fsp3) is 0.238. The molecule has 0 radical (unpaired) electrons. The van der Waals surface area contributed by atoms with Gasteiger partial charge in [0.15, 0.2) is 0 Å². The second kappa shape index (κ2) is 7.73. The van der Waals surface area contributed by atoms with Crippen molar-refractivity contribution < 1.29 is 15.0 Å². The molecule has 1 amide bonds. The summed E-state index contributed by atoms with van der Waals surface area (Å²) in [5, 5.41) is 34.7. The van der Waals surface area contributed by atoms with Crippen molar-refractivity contribution in [1.82, 2.24) is 4.57 Å². The Morgan fingerprint density at radius 3 is 2.41 bits per heavy atom. The van der Waals surface area contributed by atoms with Crippen LogP contribution >= 0.6 is 0 Å². The van der Waals surface area contributed by atoms with Gasteiger partial charge in [-0.25, -0.2) is 0 Å². The van der Waals surface area contributed by atoms with E-state index in [0.29, 0.717) is 11.4 Å². The van der Waals surface area contributed by atoms with Crippen molar-refractivity contribution in [2.45, 2.75) is 27.3 Å². The number of nitriles is 1. The molecule has 3 rings (SSSR count). The number of pyridine rings is 1. The van der Waals surface area contributed by atoms with Gasteiger partial charge in [0.25, 0.3) is 11.5 Å². The second-order valence-electron chi connectivity index (χ2n) is 6.73. The first-order valence-corrected chi connectivity index (χ1v) is 8.95. The summed E-state index contributed by atoms with van der Waals surface area (Å²) >= 11 is 0. The summed E-state index contributed by atoms with van der Waals surface area (Å²) in [5.74, 6) is -0.800. The maximum absolute atomic E-state index is 12.9. The van der Waals surface area contributed by atoms with Crippen LogP contribution in [-0.2, 0) is 11.3 Å². The lowest BCUT2D eigenvalue weighted by Gasteiger charge is -2.14. The first kappa shape index (κ1) is 20.0. The minimum atomic E-state index is -0.692. The Morgan fingerprint density at radius 2 is 1.83 bits per heavy atom. The third kappa shape index (κ3) is 3.44. The fourth-order valence-corrected chi connectivity index (χ4v) is 3.14. The van der Waals surface area contributed by atoms with Crippen molar-refractivity contribution in [2.75, 3.05) is 11.6 Å². The molecule has 1 aliphatic heterocycles. The van der Waals surface area contributed by atoms with Crippen molar-refractivity contribution in [2.24, 2.45) is 5.10 Å². The molecule has 2 N–H and O–H groups in total. The van der Waals surface area contributed by atoms with Gasteiger partial charge in [0.05, 0.1) is 30.1 Å². The highest BCUT2D eigenvalue weighted by Gasteiger charge is 2.30. The summed E-state index contributed by atoms with van der Waals surface area (Å²) in [7, 11) is 0. The van der Waals surface area contributed by atoms with Crippen LogP contribution in [0.2, 0.25) is 0 Å². The average molecular weight is 392 g/mol. The van der Waals surface area contributed by atoms with Crippen LogP contribution in [0.25, 0.3) is 6.08 Å². The maximum Gasteiger partial charge on any atom is 0.280 e. The fourth-order valence-electron chi connectivity index (χ4n) is 3.14. The zero-order valence-corrected chi connectivity index (χ0v) is 16.3. The van der Waals surface area contributed by atoms with Crippen LogP contribution < -0.4 is 10.6 Å². The summed E-state index contributed by atoms with van der Waals surface area (Å²) in [4.78, 5) is 25.3. The van der Waals surface area contributed by atoms with Gasteiger partial charge in [-0.3, -0.25) is 14.2 Å². The average Bonchev–Trinajstić information content (AvgIpc) is 2.97. The number of anilines is 1. The van der Waals surface area contributed by atoms with Crippen molar-refractivity contribution in [3.8, 4) is 11.9 Å². The predicted octanol–water partition coefficient (Wildman–Crippen LogP) is 1.84. The van der Waals surface area contributed by atoms with Crippen molar-refractivity contribution in [3.63, 3.8) is 0 Å². The number of aryl methyl sites for hydroxylation is 1. The van der Waals surface area contributed by atoms with Crippen molar-refractivity contribution in [3.05, 3.63) is 62.4 Å². The number of hydrogen-bond acceptors (Lipinski definition) is 6. The maximum atomic E-state index is 12.9. The number of aliphatic hydroxyl groups excluding tert-OH is 1. The predicted molar refractivity (Wildman–Crippen MR) is 109 cm³/mol. The molecular weight excluding hydrogens is 372 g/mol. The molecule has 0 unspecified atom stereocenters. The van der Waals surface area contributed by atoms with Crippen LogP contribution in [0, 0.1) is 25.2 Å². The molecular formula is C21H20N4O4. The van der Waals surface area contributed by atoms with Crippen molar-refractivity contribution >= 4 is 23.4 Å². The quantitative estimate of drug-likeness (QED) is 0.770. The zero-order valence-electron chi connectivity index (χ0n) is 16.3. The lowest BCUT2D eigenvalue weighted by Crippen LogP contribution is -2.26. The number of hydrogen-bond donors (Lipinski definition) is 2. The number of carbonyl (C=O) groups excluding carboxylic acids is 1. The Labute approximate surface area is 167 Å². The summed E-state index contributed by atoms with van der Waals surface area (Å²) < 4.78 is 0.918. The van der Waals surface area contributed by atoms with Crippen LogP contribution in [0.3, 0.4) is 0 Å².